The van der Waals surface area contributed by atoms with E-state index >= 15 is 0 Å². The minimum atomic E-state index is -3.62. The molecule has 1 rings (SSSR count). The number of amides is 2. The van der Waals surface area contributed by atoms with Crippen LogP contribution in [0.2, 0.25) is 0 Å². The molecule has 6 nitrogen and oxygen atoms in total. The van der Waals surface area contributed by atoms with Gasteiger partial charge in [-0.2, -0.15) is 4.31 Å². The van der Waals surface area contributed by atoms with Crippen molar-refractivity contribution in [2.24, 2.45) is 0 Å². The van der Waals surface area contributed by atoms with E-state index in [1.54, 1.807) is 0 Å². The van der Waals surface area contributed by atoms with Crippen LogP contribution in [0.1, 0.15) is 27.7 Å². The molecule has 0 atom stereocenters. The molecule has 1 saturated heterocycles. The maximum absolute atomic E-state index is 12.0. The van der Waals surface area contributed by atoms with Crippen molar-refractivity contribution >= 4 is 21.8 Å². The van der Waals surface area contributed by atoms with Crippen LogP contribution in [0.5, 0.6) is 0 Å². The number of imide groups is 1. The fourth-order valence-corrected chi connectivity index (χ4v) is 2.95. The van der Waals surface area contributed by atoms with Crippen molar-refractivity contribution in [2.45, 2.75) is 38.5 Å². The molecule has 0 aromatic carbocycles. The van der Waals surface area contributed by atoms with Crippen LogP contribution in [0.4, 0.5) is 0 Å². The van der Waals surface area contributed by atoms with Gasteiger partial charge in [0.25, 0.3) is 0 Å². The Morgan fingerprint density at radius 1 is 1.31 bits per heavy atom. The van der Waals surface area contributed by atoms with Gasteiger partial charge in [-0.3, -0.25) is 14.9 Å². The summed E-state index contributed by atoms with van der Waals surface area (Å²) in [5, 5.41) is 1.46. The van der Waals surface area contributed by atoms with Crippen molar-refractivity contribution in [3.63, 3.8) is 0 Å². The summed E-state index contributed by atoms with van der Waals surface area (Å²) in [6.07, 6.45) is 0. The first kappa shape index (κ1) is 13.1. The smallest absolute Gasteiger partial charge is 0.247 e. The number of rotatable bonds is 2. The maximum atomic E-state index is 12.0. The van der Waals surface area contributed by atoms with Crippen molar-refractivity contribution in [3.8, 4) is 0 Å². The van der Waals surface area contributed by atoms with E-state index in [1.165, 1.54) is 27.7 Å². The van der Waals surface area contributed by atoms with Gasteiger partial charge in [-0.05, 0) is 27.7 Å². The van der Waals surface area contributed by atoms with E-state index in [-0.39, 0.29) is 6.54 Å². The first-order valence-corrected chi connectivity index (χ1v) is 6.46. The van der Waals surface area contributed by atoms with Crippen LogP contribution in [0.15, 0.2) is 0 Å². The second-order valence-corrected chi connectivity index (χ2v) is 6.95. The van der Waals surface area contributed by atoms with Crippen LogP contribution in [0.25, 0.3) is 0 Å². The first-order valence-electron chi connectivity index (χ1n) is 4.96. The summed E-state index contributed by atoms with van der Waals surface area (Å²) in [7, 11) is -3.62. The molecule has 1 heterocycles. The Balaban J connectivity index is 3.21. The minimum absolute atomic E-state index is 0.306. The second kappa shape index (κ2) is 3.81. The normalized spacial score (nSPS) is 22.3. The fourth-order valence-electron chi connectivity index (χ4n) is 1.42. The average molecular weight is 248 g/mol. The summed E-state index contributed by atoms with van der Waals surface area (Å²) in [4.78, 5) is 22.8. The molecule has 0 unspecified atom stereocenters. The zero-order chi connectivity index (χ0) is 12.7. The largest absolute Gasteiger partial charge is 0.294 e. The number of hydrogen-bond donors (Lipinski definition) is 1. The maximum Gasteiger partial charge on any atom is 0.247 e. The van der Waals surface area contributed by atoms with Gasteiger partial charge in [0, 0.05) is 0 Å². The average Bonchev–Trinajstić information content (AvgIpc) is 2.11. The lowest BCUT2D eigenvalue weighted by atomic mass is 10.0. The van der Waals surface area contributed by atoms with Crippen LogP contribution in [-0.2, 0) is 19.6 Å². The Labute approximate surface area is 95.0 Å². The third-order valence-corrected chi connectivity index (χ3v) is 5.01. The topological polar surface area (TPSA) is 83.6 Å². The number of nitrogens with zero attached hydrogens (tertiary/aromatic N) is 1. The van der Waals surface area contributed by atoms with Crippen LogP contribution in [-0.4, -0.2) is 41.9 Å². The number of hydrogen-bond acceptors (Lipinski definition) is 4. The van der Waals surface area contributed by atoms with E-state index in [2.05, 4.69) is 5.32 Å². The summed E-state index contributed by atoms with van der Waals surface area (Å²) in [5.74, 6) is -1.18. The van der Waals surface area contributed by atoms with E-state index < -0.39 is 32.6 Å². The van der Waals surface area contributed by atoms with E-state index in [0.29, 0.717) is 0 Å². The summed E-state index contributed by atoms with van der Waals surface area (Å²) in [6.45, 7) is 5.69. The van der Waals surface area contributed by atoms with Crippen molar-refractivity contribution in [1.29, 1.82) is 0 Å². The SMILES string of the molecule is CC(C)S(=O)(=O)N1CC(=O)NC(=O)C1(C)C. The van der Waals surface area contributed by atoms with Crippen LogP contribution in [0, 0.1) is 0 Å². The molecule has 92 valence electrons. The van der Waals surface area contributed by atoms with Crippen molar-refractivity contribution < 1.29 is 18.0 Å². The number of carbonyl (C=O) groups is 2. The van der Waals surface area contributed by atoms with Gasteiger partial charge in [0.05, 0.1) is 11.8 Å². The summed E-state index contributed by atoms with van der Waals surface area (Å²) in [6, 6.07) is 0. The molecular formula is C9H16N2O4S. The minimum Gasteiger partial charge on any atom is -0.294 e. The lowest BCUT2D eigenvalue weighted by Crippen LogP contribution is -2.66. The Kier molecular flexibility index (Phi) is 3.13. The molecule has 0 radical (unpaired) electrons. The highest BCUT2D eigenvalue weighted by Gasteiger charge is 2.47. The van der Waals surface area contributed by atoms with Crippen molar-refractivity contribution in [1.82, 2.24) is 9.62 Å². The van der Waals surface area contributed by atoms with E-state index in [4.69, 9.17) is 0 Å². The van der Waals surface area contributed by atoms with Gasteiger partial charge < -0.3 is 0 Å². The van der Waals surface area contributed by atoms with E-state index in [0.717, 1.165) is 4.31 Å². The summed E-state index contributed by atoms with van der Waals surface area (Å²) < 4.78 is 24.9. The molecule has 1 fully saturated rings. The van der Waals surface area contributed by atoms with Crippen LogP contribution in [0.3, 0.4) is 0 Å². The lowest BCUT2D eigenvalue weighted by Gasteiger charge is -2.39. The Bertz CT molecular complexity index is 425. The van der Waals surface area contributed by atoms with Crippen molar-refractivity contribution in [3.05, 3.63) is 0 Å². The molecule has 1 aliphatic rings. The predicted octanol–water partition coefficient (Wildman–Crippen LogP) is -0.538. The van der Waals surface area contributed by atoms with Gasteiger partial charge in [-0.15, -0.1) is 0 Å². The molecular weight excluding hydrogens is 232 g/mol. The molecule has 7 heteroatoms. The van der Waals surface area contributed by atoms with Gasteiger partial charge in [-0.25, -0.2) is 8.42 Å². The first-order chi connectivity index (χ1) is 7.10. The van der Waals surface area contributed by atoms with Crippen molar-refractivity contribution in [2.75, 3.05) is 6.54 Å². The zero-order valence-electron chi connectivity index (χ0n) is 9.77. The third kappa shape index (κ3) is 1.97. The van der Waals surface area contributed by atoms with Gasteiger partial charge in [0.1, 0.15) is 5.54 Å². The zero-order valence-corrected chi connectivity index (χ0v) is 10.6. The molecule has 1 aliphatic heterocycles. The number of sulfonamides is 1. The Morgan fingerprint density at radius 2 is 1.81 bits per heavy atom. The predicted molar refractivity (Wildman–Crippen MR) is 58.0 cm³/mol. The number of piperazine rings is 1. The molecule has 16 heavy (non-hydrogen) atoms. The monoisotopic (exact) mass is 248 g/mol. The van der Waals surface area contributed by atoms with Gasteiger partial charge in [-0.1, -0.05) is 0 Å². The lowest BCUT2D eigenvalue weighted by molar-refractivity contribution is -0.141. The second-order valence-electron chi connectivity index (χ2n) is 4.54. The van der Waals surface area contributed by atoms with Gasteiger partial charge in [0.2, 0.25) is 21.8 Å². The van der Waals surface area contributed by atoms with Crippen LogP contribution >= 0.6 is 0 Å². The van der Waals surface area contributed by atoms with Gasteiger partial charge in [0.15, 0.2) is 0 Å². The molecule has 0 spiro atoms. The Hall–Kier alpha value is -0.950. The highest BCUT2D eigenvalue weighted by Crippen LogP contribution is 2.24. The highest BCUT2D eigenvalue weighted by atomic mass is 32.2. The molecule has 0 aromatic rings. The quantitative estimate of drug-likeness (QED) is 0.665. The molecule has 0 saturated carbocycles. The van der Waals surface area contributed by atoms with E-state index in [9.17, 15) is 18.0 Å². The molecule has 0 aliphatic carbocycles. The van der Waals surface area contributed by atoms with E-state index in [1.807, 2.05) is 0 Å². The Morgan fingerprint density at radius 3 is 2.25 bits per heavy atom. The molecule has 0 aromatic heterocycles. The standard InChI is InChI=1S/C9H16N2O4S/c1-6(2)16(14,15)11-5-7(12)10-8(13)9(11,3)4/h6H,5H2,1-4H3,(H,10,12,13). The third-order valence-electron chi connectivity index (χ3n) is 2.62. The number of carbonyl (C=O) groups excluding carboxylic acids is 2. The highest BCUT2D eigenvalue weighted by molar-refractivity contribution is 7.89. The molecule has 1 N–H and O–H groups in total. The number of nitrogens with one attached hydrogen (secondary N) is 1. The molecule has 0 bridgehead atoms. The van der Waals surface area contributed by atoms with Gasteiger partial charge >= 0.3 is 0 Å². The fraction of sp³-hybridized carbons (Fsp3) is 0.778. The molecule has 2 amide bonds. The summed E-state index contributed by atoms with van der Waals surface area (Å²) in [5.41, 5.74) is -1.23. The van der Waals surface area contributed by atoms with Crippen LogP contribution < -0.4 is 5.32 Å². The summed E-state index contributed by atoms with van der Waals surface area (Å²) >= 11 is 0.